The van der Waals surface area contributed by atoms with Gasteiger partial charge in [0, 0.05) is 31.6 Å². The normalized spacial score (nSPS) is 26.5. The molecule has 0 spiro atoms. The fourth-order valence-corrected chi connectivity index (χ4v) is 5.51. The number of unbranched alkanes of at least 4 members (excludes halogenated alkanes) is 1. The van der Waals surface area contributed by atoms with Crippen molar-refractivity contribution in [3.8, 4) is 5.75 Å². The number of allylic oxidation sites excluding steroid dienone is 2. The smallest absolute Gasteiger partial charge is 0.200 e. The molecule has 32 heavy (non-hydrogen) atoms. The molecule has 0 bridgehead atoms. The van der Waals surface area contributed by atoms with Crippen LogP contribution >= 0.6 is 7.37 Å². The highest BCUT2D eigenvalue weighted by molar-refractivity contribution is 7.58. The van der Waals surface area contributed by atoms with Crippen molar-refractivity contribution in [2.45, 2.75) is 57.3 Å². The van der Waals surface area contributed by atoms with Gasteiger partial charge in [-0.2, -0.15) is 0 Å². The summed E-state index contributed by atoms with van der Waals surface area (Å²) >= 11 is 0. The SMILES string of the molecule is CCOP(C)(=O)CCC/C=C\CC1C(O)CC(O)C1/C=C/C(O)CCOc1ccccc1. The van der Waals surface area contributed by atoms with Crippen LogP contribution in [0.3, 0.4) is 0 Å². The van der Waals surface area contributed by atoms with Crippen LogP contribution in [0.25, 0.3) is 0 Å². The van der Waals surface area contributed by atoms with Crippen molar-refractivity contribution in [3.63, 3.8) is 0 Å². The Kier molecular flexibility index (Phi) is 11.7. The molecule has 3 N–H and O–H groups in total. The molecule has 1 aliphatic carbocycles. The van der Waals surface area contributed by atoms with Crippen LogP contribution in [-0.4, -0.2) is 59.7 Å². The number of aliphatic hydroxyl groups is 3. The number of hydrogen-bond donors (Lipinski definition) is 3. The van der Waals surface area contributed by atoms with Gasteiger partial charge in [0.05, 0.1) is 31.5 Å². The second-order valence-electron chi connectivity index (χ2n) is 8.52. The molecule has 0 aliphatic heterocycles. The van der Waals surface area contributed by atoms with Crippen LogP contribution in [0.5, 0.6) is 5.75 Å². The number of hydrogen-bond acceptors (Lipinski definition) is 6. The first-order chi connectivity index (χ1) is 15.3. The molecule has 0 radical (unpaired) electrons. The molecule has 1 saturated carbocycles. The Balaban J connectivity index is 1.76. The van der Waals surface area contributed by atoms with Crippen LogP contribution < -0.4 is 4.74 Å². The van der Waals surface area contributed by atoms with Crippen molar-refractivity contribution in [2.24, 2.45) is 11.8 Å². The van der Waals surface area contributed by atoms with Crippen LogP contribution in [0.2, 0.25) is 0 Å². The highest BCUT2D eigenvalue weighted by Gasteiger charge is 2.39. The van der Waals surface area contributed by atoms with Gasteiger partial charge in [-0.1, -0.05) is 42.5 Å². The van der Waals surface area contributed by atoms with Gasteiger partial charge in [0.25, 0.3) is 0 Å². The van der Waals surface area contributed by atoms with Gasteiger partial charge in [0.1, 0.15) is 5.75 Å². The maximum absolute atomic E-state index is 12.1. The molecule has 0 heterocycles. The first-order valence-electron chi connectivity index (χ1n) is 11.6. The molecule has 6 atom stereocenters. The molecule has 1 fully saturated rings. The maximum atomic E-state index is 12.1. The van der Waals surface area contributed by atoms with Crippen LogP contribution in [0.15, 0.2) is 54.6 Å². The van der Waals surface area contributed by atoms with E-state index < -0.39 is 25.7 Å². The molecule has 0 amide bonds. The highest BCUT2D eigenvalue weighted by Crippen LogP contribution is 2.43. The van der Waals surface area contributed by atoms with Gasteiger partial charge >= 0.3 is 0 Å². The van der Waals surface area contributed by atoms with E-state index in [0.29, 0.717) is 38.6 Å². The van der Waals surface area contributed by atoms with E-state index in [1.165, 1.54) is 0 Å². The number of para-hydroxylation sites is 1. The third-order valence-electron chi connectivity index (χ3n) is 5.81. The van der Waals surface area contributed by atoms with Crippen LogP contribution in [0, 0.1) is 11.8 Å². The number of rotatable bonds is 14. The lowest BCUT2D eigenvalue weighted by Crippen LogP contribution is -2.20. The predicted octanol–water partition coefficient (Wildman–Crippen LogP) is 4.40. The summed E-state index contributed by atoms with van der Waals surface area (Å²) in [7, 11) is -2.48. The van der Waals surface area contributed by atoms with E-state index in [9.17, 15) is 19.9 Å². The summed E-state index contributed by atoms with van der Waals surface area (Å²) in [4.78, 5) is 0. The summed E-state index contributed by atoms with van der Waals surface area (Å²) in [5, 5.41) is 31.0. The monoisotopic (exact) mass is 466 g/mol. The first-order valence-corrected chi connectivity index (χ1v) is 13.8. The largest absolute Gasteiger partial charge is 0.493 e. The molecular weight excluding hydrogens is 427 g/mol. The standard InChI is InChI=1S/C25H39O6P/c1-3-31-32(2,29)18-10-5-4-9-13-22-23(25(28)19-24(22)27)15-14-20(26)16-17-30-21-11-7-6-8-12-21/h4,6-9,11-12,14-15,20,22-28H,3,5,10,13,16-19H2,1-2H3/b9-4-,15-14+. The van der Waals surface area contributed by atoms with Crippen molar-refractivity contribution >= 4 is 7.37 Å². The molecule has 1 aromatic carbocycles. The van der Waals surface area contributed by atoms with E-state index in [4.69, 9.17) is 9.26 Å². The van der Waals surface area contributed by atoms with Gasteiger partial charge < -0.3 is 24.6 Å². The molecule has 1 aromatic rings. The Morgan fingerprint density at radius 2 is 1.94 bits per heavy atom. The van der Waals surface area contributed by atoms with E-state index in [0.717, 1.165) is 18.6 Å². The summed E-state index contributed by atoms with van der Waals surface area (Å²) in [6.07, 6.45) is 9.33. The van der Waals surface area contributed by atoms with Gasteiger partial charge in [-0.25, -0.2) is 0 Å². The Morgan fingerprint density at radius 3 is 2.66 bits per heavy atom. The number of benzene rings is 1. The lowest BCUT2D eigenvalue weighted by molar-refractivity contribution is 0.120. The highest BCUT2D eigenvalue weighted by atomic mass is 31.2. The van der Waals surface area contributed by atoms with Crippen LogP contribution in [0.4, 0.5) is 0 Å². The van der Waals surface area contributed by atoms with Gasteiger partial charge in [0.15, 0.2) is 7.37 Å². The number of ether oxygens (including phenoxy) is 1. The minimum atomic E-state index is -2.48. The summed E-state index contributed by atoms with van der Waals surface area (Å²) in [5.41, 5.74) is 0. The molecule has 0 aromatic heterocycles. The summed E-state index contributed by atoms with van der Waals surface area (Å²) in [6, 6.07) is 9.46. The maximum Gasteiger partial charge on any atom is 0.200 e. The fraction of sp³-hybridized carbons (Fsp3) is 0.600. The predicted molar refractivity (Wildman–Crippen MR) is 128 cm³/mol. The molecule has 1 aliphatic rings. The lowest BCUT2D eigenvalue weighted by Gasteiger charge is -2.19. The topological polar surface area (TPSA) is 96.2 Å². The van der Waals surface area contributed by atoms with E-state index in [2.05, 4.69) is 0 Å². The Labute approximate surface area is 192 Å². The van der Waals surface area contributed by atoms with Crippen molar-refractivity contribution < 1.29 is 29.1 Å². The van der Waals surface area contributed by atoms with Crippen molar-refractivity contribution in [1.29, 1.82) is 0 Å². The van der Waals surface area contributed by atoms with Crippen LogP contribution in [0.1, 0.15) is 39.0 Å². The average Bonchev–Trinajstić information content (AvgIpc) is 3.02. The minimum absolute atomic E-state index is 0.0917. The van der Waals surface area contributed by atoms with Gasteiger partial charge in [-0.3, -0.25) is 4.57 Å². The minimum Gasteiger partial charge on any atom is -0.493 e. The second kappa shape index (κ2) is 14.0. The Bertz CT molecular complexity index is 750. The second-order valence-corrected chi connectivity index (χ2v) is 11.3. The Hall–Kier alpha value is -1.43. The van der Waals surface area contributed by atoms with E-state index >= 15 is 0 Å². The van der Waals surface area contributed by atoms with Gasteiger partial charge in [0.2, 0.25) is 0 Å². The molecule has 6 nitrogen and oxygen atoms in total. The van der Waals surface area contributed by atoms with Crippen LogP contribution in [-0.2, 0) is 9.09 Å². The van der Waals surface area contributed by atoms with Gasteiger partial charge in [-0.05, 0) is 44.2 Å². The van der Waals surface area contributed by atoms with E-state index in [1.54, 1.807) is 12.7 Å². The fourth-order valence-electron chi connectivity index (χ4n) is 4.08. The zero-order chi connectivity index (χ0) is 23.4. The summed E-state index contributed by atoms with van der Waals surface area (Å²) < 4.78 is 23.0. The summed E-state index contributed by atoms with van der Waals surface area (Å²) in [6.45, 7) is 4.39. The zero-order valence-electron chi connectivity index (χ0n) is 19.3. The Morgan fingerprint density at radius 1 is 1.19 bits per heavy atom. The zero-order valence-corrected chi connectivity index (χ0v) is 20.1. The third kappa shape index (κ3) is 9.60. The third-order valence-corrected chi connectivity index (χ3v) is 7.74. The molecule has 7 heteroatoms. The van der Waals surface area contributed by atoms with Gasteiger partial charge in [-0.15, -0.1) is 0 Å². The molecule has 6 unspecified atom stereocenters. The number of aliphatic hydroxyl groups excluding tert-OH is 3. The molecule has 2 rings (SSSR count). The molecule has 180 valence electrons. The van der Waals surface area contributed by atoms with Crippen molar-refractivity contribution in [1.82, 2.24) is 0 Å². The van der Waals surface area contributed by atoms with E-state index in [1.807, 2.05) is 55.5 Å². The molecular formula is C25H39O6P. The van der Waals surface area contributed by atoms with Crippen molar-refractivity contribution in [3.05, 3.63) is 54.6 Å². The van der Waals surface area contributed by atoms with Crippen molar-refractivity contribution in [2.75, 3.05) is 26.0 Å². The lowest BCUT2D eigenvalue weighted by atomic mass is 9.89. The summed E-state index contributed by atoms with van der Waals surface area (Å²) in [5.74, 6) is 0.476. The first kappa shape index (κ1) is 26.8. The molecule has 0 saturated heterocycles. The quantitative estimate of drug-likeness (QED) is 0.214. The average molecular weight is 467 g/mol. The van der Waals surface area contributed by atoms with E-state index in [-0.39, 0.29) is 11.8 Å².